The Morgan fingerprint density at radius 1 is 1.08 bits per heavy atom. The molecule has 8 heteroatoms. The van der Waals surface area contributed by atoms with Crippen molar-refractivity contribution in [1.29, 1.82) is 0 Å². The van der Waals surface area contributed by atoms with Gasteiger partial charge in [0.1, 0.15) is 5.82 Å². The fourth-order valence-corrected chi connectivity index (χ4v) is 5.55. The standard InChI is InChI=1S/C28H26FN7/c1-15-18-11-10-17(12-23(18)36-35-15)32-28-31-14-16-13-30-26(19-6-2-4-8-21(19)29)24-20-7-3-5-9-22(20)33-27(24)25(16)34-28/h2,4,6,8,10-12,14-15,33,35-36H,3,5,7,9,13H2,1H3,(H,31,32,34)/t15-/m1/s1. The molecule has 4 heterocycles. The van der Waals surface area contributed by atoms with Crippen LogP contribution in [0.15, 0.2) is 53.7 Å². The molecule has 0 amide bonds. The summed E-state index contributed by atoms with van der Waals surface area (Å²) in [7, 11) is 0. The first-order chi connectivity index (χ1) is 17.7. The van der Waals surface area contributed by atoms with Crippen LogP contribution in [0.3, 0.4) is 0 Å². The number of hydrogen-bond donors (Lipinski definition) is 4. The van der Waals surface area contributed by atoms with Gasteiger partial charge in [0.05, 0.1) is 35.4 Å². The van der Waals surface area contributed by atoms with Crippen LogP contribution in [0.1, 0.15) is 59.3 Å². The molecule has 0 bridgehead atoms. The average Bonchev–Trinajstić information content (AvgIpc) is 3.42. The van der Waals surface area contributed by atoms with Crippen LogP contribution in [0.5, 0.6) is 0 Å². The third-order valence-electron chi connectivity index (χ3n) is 7.37. The zero-order valence-corrected chi connectivity index (χ0v) is 20.0. The minimum atomic E-state index is -0.263. The molecule has 0 fully saturated rings. The molecule has 180 valence electrons. The summed E-state index contributed by atoms with van der Waals surface area (Å²) in [6, 6.07) is 13.3. The Bertz CT molecular complexity index is 1540. The molecule has 0 saturated heterocycles. The third kappa shape index (κ3) is 3.40. The number of hydrazine groups is 1. The van der Waals surface area contributed by atoms with Gasteiger partial charge in [0, 0.05) is 34.3 Å². The van der Waals surface area contributed by atoms with Crippen molar-refractivity contribution in [2.75, 3.05) is 10.7 Å². The van der Waals surface area contributed by atoms with E-state index in [1.165, 1.54) is 22.9 Å². The van der Waals surface area contributed by atoms with Gasteiger partial charge in [0.2, 0.25) is 5.95 Å². The van der Waals surface area contributed by atoms with Crippen molar-refractivity contribution in [2.45, 2.75) is 45.2 Å². The van der Waals surface area contributed by atoms with Crippen LogP contribution < -0.4 is 16.2 Å². The summed E-state index contributed by atoms with van der Waals surface area (Å²) in [5, 5.41) is 3.36. The van der Waals surface area contributed by atoms with Crippen LogP contribution in [0, 0.1) is 5.82 Å². The molecule has 4 N–H and O–H groups in total. The summed E-state index contributed by atoms with van der Waals surface area (Å²) in [5.41, 5.74) is 16.9. The van der Waals surface area contributed by atoms with Gasteiger partial charge in [0.25, 0.3) is 0 Å². The summed E-state index contributed by atoms with van der Waals surface area (Å²) in [6.45, 7) is 2.51. The minimum Gasteiger partial charge on any atom is -0.356 e. The summed E-state index contributed by atoms with van der Waals surface area (Å²) in [6.07, 6.45) is 6.02. The molecule has 1 aliphatic carbocycles. The average molecular weight is 480 g/mol. The molecule has 2 aromatic heterocycles. The highest BCUT2D eigenvalue weighted by Gasteiger charge is 2.30. The van der Waals surface area contributed by atoms with Crippen LogP contribution in [0.25, 0.3) is 11.4 Å². The van der Waals surface area contributed by atoms with Crippen molar-refractivity contribution < 1.29 is 4.39 Å². The lowest BCUT2D eigenvalue weighted by Gasteiger charge is -2.14. The van der Waals surface area contributed by atoms with Gasteiger partial charge < -0.3 is 15.7 Å². The number of rotatable bonds is 3. The first-order valence-electron chi connectivity index (χ1n) is 12.5. The molecule has 1 atom stereocenters. The number of nitrogens with zero attached hydrogens (tertiary/aromatic N) is 3. The Kier molecular flexibility index (Phi) is 4.89. The number of aryl methyl sites for hydroxylation is 1. The van der Waals surface area contributed by atoms with Crippen LogP contribution in [0.2, 0.25) is 0 Å². The Hall–Kier alpha value is -4.04. The Morgan fingerprint density at radius 3 is 2.89 bits per heavy atom. The van der Waals surface area contributed by atoms with E-state index in [4.69, 9.17) is 9.98 Å². The van der Waals surface area contributed by atoms with Gasteiger partial charge in [-0.15, -0.1) is 0 Å². The van der Waals surface area contributed by atoms with Crippen LogP contribution >= 0.6 is 0 Å². The lowest BCUT2D eigenvalue weighted by Crippen LogP contribution is -2.15. The molecule has 0 unspecified atom stereocenters. The number of aliphatic imine (C=N–C) groups is 1. The molecule has 0 saturated carbocycles. The predicted octanol–water partition coefficient (Wildman–Crippen LogP) is 5.58. The normalized spacial score (nSPS) is 17.7. The summed E-state index contributed by atoms with van der Waals surface area (Å²) >= 11 is 0. The second-order valence-electron chi connectivity index (χ2n) is 9.67. The Morgan fingerprint density at radius 2 is 1.97 bits per heavy atom. The van der Waals surface area contributed by atoms with E-state index in [0.717, 1.165) is 59.6 Å². The number of halogens is 1. The van der Waals surface area contributed by atoms with Gasteiger partial charge >= 0.3 is 0 Å². The molecular weight excluding hydrogens is 453 g/mol. The first-order valence-corrected chi connectivity index (χ1v) is 12.5. The molecule has 4 aromatic rings. The van der Waals surface area contributed by atoms with Gasteiger partial charge in [-0.3, -0.25) is 4.99 Å². The zero-order valence-electron chi connectivity index (χ0n) is 20.0. The highest BCUT2D eigenvalue weighted by molar-refractivity contribution is 6.17. The number of aromatic nitrogens is 3. The van der Waals surface area contributed by atoms with E-state index >= 15 is 0 Å². The molecule has 36 heavy (non-hydrogen) atoms. The smallest absolute Gasteiger partial charge is 0.227 e. The van der Waals surface area contributed by atoms with Crippen molar-refractivity contribution in [1.82, 2.24) is 20.4 Å². The van der Waals surface area contributed by atoms with Crippen molar-refractivity contribution in [3.63, 3.8) is 0 Å². The largest absolute Gasteiger partial charge is 0.356 e. The van der Waals surface area contributed by atoms with E-state index in [1.807, 2.05) is 24.4 Å². The number of fused-ring (bicyclic) bond motifs is 6. The van der Waals surface area contributed by atoms with Crippen molar-refractivity contribution in [3.05, 3.63) is 88.0 Å². The van der Waals surface area contributed by atoms with E-state index in [2.05, 4.69) is 45.2 Å². The fraction of sp³-hybridized carbons (Fsp3) is 0.250. The fourth-order valence-electron chi connectivity index (χ4n) is 5.55. The number of H-pyrrole nitrogens is 1. The van der Waals surface area contributed by atoms with Crippen LogP contribution in [0.4, 0.5) is 21.7 Å². The lowest BCUT2D eigenvalue weighted by atomic mass is 9.90. The topological polar surface area (TPSA) is 90.0 Å². The third-order valence-corrected chi connectivity index (χ3v) is 7.37. The molecular formula is C28H26FN7. The van der Waals surface area contributed by atoms with Crippen molar-refractivity contribution in [3.8, 4) is 11.4 Å². The predicted molar refractivity (Wildman–Crippen MR) is 139 cm³/mol. The highest BCUT2D eigenvalue weighted by Crippen LogP contribution is 2.38. The van der Waals surface area contributed by atoms with Gasteiger partial charge in [-0.25, -0.2) is 19.8 Å². The lowest BCUT2D eigenvalue weighted by molar-refractivity contribution is 0.625. The molecule has 0 radical (unpaired) electrons. The number of anilines is 3. The van der Waals surface area contributed by atoms with Crippen molar-refractivity contribution >= 4 is 23.0 Å². The summed E-state index contributed by atoms with van der Waals surface area (Å²) in [5.74, 6) is 0.252. The first kappa shape index (κ1) is 21.3. The molecule has 3 aliphatic rings. The van der Waals surface area contributed by atoms with E-state index in [-0.39, 0.29) is 11.9 Å². The van der Waals surface area contributed by atoms with Crippen LogP contribution in [-0.2, 0) is 19.4 Å². The van der Waals surface area contributed by atoms with E-state index in [0.29, 0.717) is 23.8 Å². The summed E-state index contributed by atoms with van der Waals surface area (Å²) < 4.78 is 15.0. The zero-order chi connectivity index (χ0) is 24.2. The van der Waals surface area contributed by atoms with Crippen molar-refractivity contribution in [2.24, 2.45) is 4.99 Å². The Labute approximate surface area is 208 Å². The Balaban J connectivity index is 1.33. The van der Waals surface area contributed by atoms with Gasteiger partial charge in [0.15, 0.2) is 0 Å². The number of hydrogen-bond acceptors (Lipinski definition) is 6. The number of nitrogens with one attached hydrogen (secondary N) is 4. The molecule has 0 spiro atoms. The quantitative estimate of drug-likeness (QED) is 0.308. The maximum absolute atomic E-state index is 15.0. The highest BCUT2D eigenvalue weighted by atomic mass is 19.1. The minimum absolute atomic E-state index is 0.263. The molecule has 7 rings (SSSR count). The van der Waals surface area contributed by atoms with Gasteiger partial charge in [-0.2, -0.15) is 0 Å². The van der Waals surface area contributed by atoms with E-state index in [9.17, 15) is 4.39 Å². The molecule has 7 nitrogen and oxygen atoms in total. The maximum Gasteiger partial charge on any atom is 0.227 e. The van der Waals surface area contributed by atoms with E-state index in [1.54, 1.807) is 6.07 Å². The van der Waals surface area contributed by atoms with Gasteiger partial charge in [-0.1, -0.05) is 18.2 Å². The SMILES string of the molecule is C[C@H]1NNc2cc(Nc3ncc4c(n3)-c3[nH]c5c(c3C(c3ccccc3F)=NC4)CCCC5)ccc21. The summed E-state index contributed by atoms with van der Waals surface area (Å²) in [4.78, 5) is 18.1. The number of benzene rings is 2. The maximum atomic E-state index is 15.0. The van der Waals surface area contributed by atoms with E-state index < -0.39 is 0 Å². The second kappa shape index (κ2) is 8.27. The van der Waals surface area contributed by atoms with Gasteiger partial charge in [-0.05, 0) is 68.0 Å². The second-order valence-corrected chi connectivity index (χ2v) is 9.67. The number of aromatic amines is 1. The molecule has 2 aromatic carbocycles. The monoisotopic (exact) mass is 479 g/mol. The van der Waals surface area contributed by atoms with Crippen LogP contribution in [-0.4, -0.2) is 20.7 Å². The molecule has 2 aliphatic heterocycles.